The molecule has 1 saturated heterocycles. The third-order valence-corrected chi connectivity index (χ3v) is 11.3. The quantitative estimate of drug-likeness (QED) is 0.360. The maximum absolute atomic E-state index is 11.2. The number of hydrogen-bond acceptors (Lipinski definition) is 5. The molecule has 5 nitrogen and oxygen atoms in total. The van der Waals surface area contributed by atoms with Crippen LogP contribution in [0.3, 0.4) is 0 Å². The van der Waals surface area contributed by atoms with Gasteiger partial charge in [0.2, 0.25) is 0 Å². The molecule has 5 atom stereocenters. The van der Waals surface area contributed by atoms with E-state index in [1.165, 1.54) is 10.8 Å². The van der Waals surface area contributed by atoms with Gasteiger partial charge in [0.25, 0.3) is 0 Å². The molecular formula is C26H38O5Si. The summed E-state index contributed by atoms with van der Waals surface area (Å²) in [5, 5.41) is 13.5. The first-order chi connectivity index (χ1) is 15.5. The molecule has 0 amide bonds. The Balaban J connectivity index is 1.81. The third-order valence-electron chi connectivity index (χ3n) is 6.70. The molecule has 2 aromatic carbocycles. The van der Waals surface area contributed by atoms with E-state index in [1.54, 1.807) is 6.08 Å². The van der Waals surface area contributed by atoms with Crippen LogP contribution in [-0.2, 0) is 25.2 Å². The summed E-state index contributed by atoms with van der Waals surface area (Å²) < 4.78 is 24.9. The Bertz CT molecular complexity index is 860. The van der Waals surface area contributed by atoms with Crippen molar-refractivity contribution in [2.24, 2.45) is 0 Å². The molecule has 0 saturated carbocycles. The smallest absolute Gasteiger partial charge is 0.192 e. The highest BCUT2D eigenvalue weighted by molar-refractivity contribution is 6.73. The highest BCUT2D eigenvalue weighted by atomic mass is 28.4. The van der Waals surface area contributed by atoms with Gasteiger partial charge in [0.1, 0.15) is 18.3 Å². The lowest BCUT2D eigenvalue weighted by molar-refractivity contribution is -0.295. The second kappa shape index (κ2) is 11.5. The van der Waals surface area contributed by atoms with E-state index < -0.39 is 32.9 Å². The molecule has 1 fully saturated rings. The minimum absolute atomic E-state index is 0.282. The van der Waals surface area contributed by atoms with E-state index in [9.17, 15) is 5.11 Å². The first-order valence-corrected chi connectivity index (χ1v) is 14.3. The molecule has 1 aliphatic heterocycles. The van der Waals surface area contributed by atoms with Crippen LogP contribution in [0, 0.1) is 0 Å². The van der Waals surface area contributed by atoms with Crippen molar-refractivity contribution in [1.82, 2.24) is 0 Å². The van der Waals surface area contributed by atoms with Crippen molar-refractivity contribution in [2.45, 2.75) is 83.1 Å². The zero-order chi connectivity index (χ0) is 23.1. The predicted molar refractivity (Wildman–Crippen MR) is 131 cm³/mol. The van der Waals surface area contributed by atoms with Crippen molar-refractivity contribution >= 4 is 19.1 Å². The molecule has 32 heavy (non-hydrogen) atoms. The van der Waals surface area contributed by atoms with E-state index in [4.69, 9.17) is 18.6 Å². The van der Waals surface area contributed by atoms with E-state index in [0.29, 0.717) is 13.2 Å². The van der Waals surface area contributed by atoms with Crippen LogP contribution >= 0.6 is 0 Å². The maximum Gasteiger partial charge on any atom is 0.192 e. The largest absolute Gasteiger partial charge is 0.408 e. The van der Waals surface area contributed by atoms with Crippen molar-refractivity contribution in [3.8, 4) is 0 Å². The molecular weight excluding hydrogens is 420 g/mol. The van der Waals surface area contributed by atoms with Gasteiger partial charge in [-0.2, -0.15) is 0 Å². The van der Waals surface area contributed by atoms with Crippen LogP contribution in [-0.4, -0.2) is 50.7 Å². The number of benzene rings is 2. The molecule has 0 bridgehead atoms. The lowest BCUT2D eigenvalue weighted by Gasteiger charge is -2.46. The summed E-state index contributed by atoms with van der Waals surface area (Å²) in [6.07, 6.45) is -1.20. The van der Waals surface area contributed by atoms with Crippen molar-refractivity contribution in [1.29, 1.82) is 0 Å². The summed E-state index contributed by atoms with van der Waals surface area (Å²) in [6, 6.07) is 17.6. The van der Waals surface area contributed by atoms with Crippen LogP contribution in [0.2, 0.25) is 18.1 Å². The maximum atomic E-state index is 11.2. The lowest BCUT2D eigenvalue weighted by Crippen LogP contribution is -2.62. The van der Waals surface area contributed by atoms with Crippen LogP contribution in [0.4, 0.5) is 0 Å². The van der Waals surface area contributed by atoms with Gasteiger partial charge < -0.3 is 23.7 Å². The Hall–Kier alpha value is -1.54. The van der Waals surface area contributed by atoms with Gasteiger partial charge in [-0.05, 0) is 47.5 Å². The van der Waals surface area contributed by atoms with Gasteiger partial charge in [0.05, 0.1) is 19.3 Å². The van der Waals surface area contributed by atoms with E-state index >= 15 is 0 Å². The Labute approximate surface area is 193 Å². The number of hydrogen-bond donors (Lipinski definition) is 1. The van der Waals surface area contributed by atoms with Gasteiger partial charge in [0.15, 0.2) is 14.6 Å². The fourth-order valence-electron chi connectivity index (χ4n) is 4.46. The summed E-state index contributed by atoms with van der Waals surface area (Å²) in [7, 11) is -1.99. The summed E-state index contributed by atoms with van der Waals surface area (Å²) in [6.45, 7) is 12.9. The average molecular weight is 459 g/mol. The fourth-order valence-corrected chi connectivity index (χ4v) is 7.31. The van der Waals surface area contributed by atoms with Crippen LogP contribution < -0.4 is 0 Å². The normalized spacial score (nSPS) is 26.3. The minimum Gasteiger partial charge on any atom is -0.408 e. The Morgan fingerprint density at radius 2 is 1.69 bits per heavy atom. The average Bonchev–Trinajstić information content (AvgIpc) is 2.83. The monoisotopic (exact) mass is 458 g/mol. The van der Waals surface area contributed by atoms with E-state index in [1.807, 2.05) is 19.1 Å². The lowest BCUT2D eigenvalue weighted by atomic mass is 9.99. The number of aliphatic hydroxyl groups is 1. The molecule has 1 heterocycles. The molecule has 0 unspecified atom stereocenters. The van der Waals surface area contributed by atoms with E-state index in [0.717, 1.165) is 23.7 Å². The van der Waals surface area contributed by atoms with Crippen molar-refractivity contribution < 1.29 is 23.7 Å². The van der Waals surface area contributed by atoms with Crippen molar-refractivity contribution in [3.05, 3.63) is 60.7 Å². The van der Waals surface area contributed by atoms with Gasteiger partial charge in [-0.15, -0.1) is 6.58 Å². The van der Waals surface area contributed by atoms with Gasteiger partial charge >= 0.3 is 0 Å². The molecule has 0 aliphatic carbocycles. The fraction of sp³-hybridized carbons (Fsp3) is 0.538. The Kier molecular flexibility index (Phi) is 9.05. The predicted octanol–water partition coefficient (Wildman–Crippen LogP) is 5.42. The first-order valence-electron chi connectivity index (χ1n) is 11.8. The number of aliphatic hydroxyl groups excluding tert-OH is 1. The van der Waals surface area contributed by atoms with Gasteiger partial charge in [-0.1, -0.05) is 63.2 Å². The Morgan fingerprint density at radius 3 is 2.34 bits per heavy atom. The molecule has 2 aromatic rings. The van der Waals surface area contributed by atoms with Crippen LogP contribution in [0.25, 0.3) is 10.8 Å². The second-order valence-electron chi connectivity index (χ2n) is 8.61. The molecule has 0 aromatic heterocycles. The molecule has 0 radical (unpaired) electrons. The number of fused-ring (bicyclic) bond motifs is 1. The standard InChI is InChI=1S/C26H38O5Si/c1-6-16-28-26-23(27)25(31-32(7-2,8-3)9-4)24(19(5)30-26)29-18-20-14-15-21-12-10-11-13-22(21)17-20/h6,10-15,17,19,23-27H,1,7-9,16,18H2,2-5H3/t19-,23+,24-,25-,26+/m0/s1. The van der Waals surface area contributed by atoms with E-state index in [-0.39, 0.29) is 6.10 Å². The third kappa shape index (κ3) is 5.68. The summed E-state index contributed by atoms with van der Waals surface area (Å²) in [5.74, 6) is 0. The number of rotatable bonds is 11. The SMILES string of the molecule is C=CCO[C@@H]1O[C@@H](C)[C@H](OCc2ccc3ccccc3c2)[C@@H](O[Si](CC)(CC)CC)[C@H]1O. The van der Waals surface area contributed by atoms with Crippen LogP contribution in [0.15, 0.2) is 55.1 Å². The zero-order valence-electron chi connectivity index (χ0n) is 19.8. The van der Waals surface area contributed by atoms with Gasteiger partial charge in [-0.3, -0.25) is 0 Å². The molecule has 1 aliphatic rings. The molecule has 6 heteroatoms. The summed E-state index contributed by atoms with van der Waals surface area (Å²) in [4.78, 5) is 0. The van der Waals surface area contributed by atoms with E-state index in [2.05, 4.69) is 57.7 Å². The molecule has 1 N–H and O–H groups in total. The number of ether oxygens (including phenoxy) is 3. The van der Waals surface area contributed by atoms with Crippen LogP contribution in [0.1, 0.15) is 33.3 Å². The first kappa shape index (κ1) is 25.1. The summed E-state index contributed by atoms with van der Waals surface area (Å²) >= 11 is 0. The zero-order valence-corrected chi connectivity index (χ0v) is 20.8. The highest BCUT2D eigenvalue weighted by Crippen LogP contribution is 2.33. The second-order valence-corrected chi connectivity index (χ2v) is 13.3. The molecule has 3 rings (SSSR count). The van der Waals surface area contributed by atoms with Crippen molar-refractivity contribution in [3.63, 3.8) is 0 Å². The topological polar surface area (TPSA) is 57.2 Å². The minimum atomic E-state index is -1.99. The van der Waals surface area contributed by atoms with Crippen molar-refractivity contribution in [2.75, 3.05) is 6.61 Å². The van der Waals surface area contributed by atoms with Gasteiger partial charge in [-0.25, -0.2) is 0 Å². The van der Waals surface area contributed by atoms with Gasteiger partial charge in [0, 0.05) is 0 Å². The molecule has 0 spiro atoms. The highest BCUT2D eigenvalue weighted by Gasteiger charge is 2.48. The van der Waals surface area contributed by atoms with Crippen LogP contribution in [0.5, 0.6) is 0 Å². The summed E-state index contributed by atoms with van der Waals surface area (Å²) in [5.41, 5.74) is 1.08. The Morgan fingerprint density at radius 1 is 1.00 bits per heavy atom. The molecule has 176 valence electrons.